The first kappa shape index (κ1) is 18.7. The van der Waals surface area contributed by atoms with Gasteiger partial charge in [-0.1, -0.05) is 19.8 Å². The standard InChI is InChI=1S/C11H32O3Si4/c1-8-9-10-11-18(12-15(2)3,13-16(4)5)14-17(6)7/h15-17H,8-11H2,1-7H3. The van der Waals surface area contributed by atoms with Crippen molar-refractivity contribution in [3.05, 3.63) is 0 Å². The summed E-state index contributed by atoms with van der Waals surface area (Å²) >= 11 is 0. The lowest BCUT2D eigenvalue weighted by molar-refractivity contribution is 0.266. The molecule has 0 saturated heterocycles. The topological polar surface area (TPSA) is 27.7 Å². The fourth-order valence-corrected chi connectivity index (χ4v) is 14.8. The Morgan fingerprint density at radius 2 is 1.11 bits per heavy atom. The van der Waals surface area contributed by atoms with Gasteiger partial charge in [-0.3, -0.25) is 0 Å². The summed E-state index contributed by atoms with van der Waals surface area (Å²) < 4.78 is 18.9. The molecule has 0 rings (SSSR count). The van der Waals surface area contributed by atoms with Crippen molar-refractivity contribution in [1.82, 2.24) is 0 Å². The van der Waals surface area contributed by atoms with Gasteiger partial charge in [0.25, 0.3) is 0 Å². The highest BCUT2D eigenvalue weighted by Crippen LogP contribution is 2.22. The van der Waals surface area contributed by atoms with Gasteiger partial charge in [-0.05, 0) is 45.7 Å². The Labute approximate surface area is 120 Å². The zero-order chi connectivity index (χ0) is 14.2. The molecule has 0 heterocycles. The van der Waals surface area contributed by atoms with Crippen LogP contribution in [0.25, 0.3) is 0 Å². The monoisotopic (exact) mass is 324 g/mol. The van der Waals surface area contributed by atoms with Crippen LogP contribution in [-0.2, 0) is 12.3 Å². The van der Waals surface area contributed by atoms with E-state index in [1.165, 1.54) is 19.3 Å². The predicted molar refractivity (Wildman–Crippen MR) is 90.0 cm³/mol. The SMILES string of the molecule is CCCCC[Si](O[SiH](C)C)(O[SiH](C)C)O[SiH](C)C. The van der Waals surface area contributed by atoms with Gasteiger partial charge in [0.2, 0.25) is 0 Å². The second-order valence-corrected chi connectivity index (χ2v) is 16.6. The highest BCUT2D eigenvalue weighted by molar-refractivity contribution is 6.79. The van der Waals surface area contributed by atoms with E-state index >= 15 is 0 Å². The van der Waals surface area contributed by atoms with Crippen molar-refractivity contribution >= 4 is 35.9 Å². The summed E-state index contributed by atoms with van der Waals surface area (Å²) in [5.74, 6) is 0. The van der Waals surface area contributed by atoms with Crippen LogP contribution in [-0.4, -0.2) is 35.9 Å². The predicted octanol–water partition coefficient (Wildman–Crippen LogP) is 3.12. The van der Waals surface area contributed by atoms with Gasteiger partial charge in [0.05, 0.1) is 0 Å². The maximum atomic E-state index is 6.31. The molecule has 0 unspecified atom stereocenters. The molecule has 0 aromatic heterocycles. The molecule has 3 nitrogen and oxygen atoms in total. The van der Waals surface area contributed by atoms with Crippen LogP contribution in [0.4, 0.5) is 0 Å². The minimum absolute atomic E-state index is 1.03. The van der Waals surface area contributed by atoms with E-state index in [1.807, 2.05) is 0 Å². The molecule has 0 N–H and O–H groups in total. The number of hydrogen-bond acceptors (Lipinski definition) is 3. The van der Waals surface area contributed by atoms with E-state index in [2.05, 4.69) is 46.2 Å². The number of unbranched alkanes of at least 4 members (excludes halogenated alkanes) is 2. The Kier molecular flexibility index (Phi) is 10.0. The first-order valence-electron chi connectivity index (χ1n) is 7.34. The summed E-state index contributed by atoms with van der Waals surface area (Å²) in [6.07, 6.45) is 3.68. The lowest BCUT2D eigenvalue weighted by Crippen LogP contribution is -2.53. The van der Waals surface area contributed by atoms with Gasteiger partial charge >= 0.3 is 8.80 Å². The molecule has 0 saturated carbocycles. The molecule has 0 fully saturated rings. The van der Waals surface area contributed by atoms with Crippen LogP contribution >= 0.6 is 0 Å². The van der Waals surface area contributed by atoms with Crippen LogP contribution in [0.1, 0.15) is 26.2 Å². The van der Waals surface area contributed by atoms with Crippen LogP contribution in [0.2, 0.25) is 45.3 Å². The van der Waals surface area contributed by atoms with Crippen LogP contribution in [0.3, 0.4) is 0 Å². The fraction of sp³-hybridized carbons (Fsp3) is 1.00. The molecule has 18 heavy (non-hydrogen) atoms. The van der Waals surface area contributed by atoms with E-state index in [-0.39, 0.29) is 0 Å². The smallest absolute Gasteiger partial charge is 0.420 e. The van der Waals surface area contributed by atoms with Crippen LogP contribution in [0.5, 0.6) is 0 Å². The molecule has 0 amide bonds. The van der Waals surface area contributed by atoms with Crippen molar-refractivity contribution in [3.63, 3.8) is 0 Å². The Balaban J connectivity index is 4.74. The summed E-state index contributed by atoms with van der Waals surface area (Å²) in [5, 5.41) is 0. The van der Waals surface area contributed by atoms with Gasteiger partial charge < -0.3 is 12.3 Å². The zero-order valence-corrected chi connectivity index (χ0v) is 17.7. The van der Waals surface area contributed by atoms with E-state index in [1.54, 1.807) is 0 Å². The highest BCUT2D eigenvalue weighted by atomic mass is 28.5. The van der Waals surface area contributed by atoms with Gasteiger partial charge in [-0.25, -0.2) is 0 Å². The van der Waals surface area contributed by atoms with Gasteiger partial charge in [0.15, 0.2) is 27.1 Å². The Bertz CT molecular complexity index is 186. The van der Waals surface area contributed by atoms with Gasteiger partial charge in [0, 0.05) is 6.04 Å². The van der Waals surface area contributed by atoms with Crippen molar-refractivity contribution in [2.45, 2.75) is 71.5 Å². The molecule has 0 atom stereocenters. The second-order valence-electron chi connectivity index (χ2n) is 5.64. The molecule has 0 aliphatic heterocycles. The average Bonchev–Trinajstić information content (AvgIpc) is 2.13. The van der Waals surface area contributed by atoms with Crippen LogP contribution in [0, 0.1) is 0 Å². The van der Waals surface area contributed by atoms with Crippen molar-refractivity contribution in [3.8, 4) is 0 Å². The molecular formula is C11H32O3Si4. The van der Waals surface area contributed by atoms with E-state index in [0.717, 1.165) is 6.04 Å². The quantitative estimate of drug-likeness (QED) is 0.456. The largest absolute Gasteiger partial charge is 0.468 e. The number of hydrogen-bond donors (Lipinski definition) is 0. The first-order valence-corrected chi connectivity index (χ1v) is 17.6. The van der Waals surface area contributed by atoms with E-state index in [0.29, 0.717) is 0 Å². The van der Waals surface area contributed by atoms with E-state index < -0.39 is 35.9 Å². The highest BCUT2D eigenvalue weighted by Gasteiger charge is 2.42. The lowest BCUT2D eigenvalue weighted by Gasteiger charge is -2.35. The van der Waals surface area contributed by atoms with E-state index in [9.17, 15) is 0 Å². The summed E-state index contributed by atoms with van der Waals surface area (Å²) in [6.45, 7) is 15.6. The molecule has 0 bridgehead atoms. The average molecular weight is 325 g/mol. The molecule has 0 aromatic rings. The third-order valence-corrected chi connectivity index (χ3v) is 13.3. The Morgan fingerprint density at radius 1 is 0.722 bits per heavy atom. The van der Waals surface area contributed by atoms with Crippen molar-refractivity contribution < 1.29 is 12.3 Å². The first-order chi connectivity index (χ1) is 8.31. The Hall–Kier alpha value is 0.748. The number of rotatable bonds is 10. The Morgan fingerprint density at radius 3 is 1.39 bits per heavy atom. The van der Waals surface area contributed by atoms with E-state index in [4.69, 9.17) is 12.3 Å². The molecule has 0 aliphatic carbocycles. The van der Waals surface area contributed by atoms with Crippen molar-refractivity contribution in [2.75, 3.05) is 0 Å². The third-order valence-electron chi connectivity index (χ3n) is 2.33. The molecule has 0 aliphatic rings. The molecule has 0 spiro atoms. The minimum Gasteiger partial charge on any atom is -0.420 e. The second kappa shape index (κ2) is 9.62. The summed E-state index contributed by atoms with van der Waals surface area (Å²) in [7, 11) is -5.66. The van der Waals surface area contributed by atoms with Crippen molar-refractivity contribution in [2.24, 2.45) is 0 Å². The van der Waals surface area contributed by atoms with Crippen molar-refractivity contribution in [1.29, 1.82) is 0 Å². The molecular weight excluding hydrogens is 292 g/mol. The molecule has 0 radical (unpaired) electrons. The van der Waals surface area contributed by atoms with Crippen LogP contribution < -0.4 is 0 Å². The molecule has 7 heteroatoms. The summed E-state index contributed by atoms with van der Waals surface area (Å²) in [5.41, 5.74) is 0. The lowest BCUT2D eigenvalue weighted by atomic mass is 10.3. The summed E-state index contributed by atoms with van der Waals surface area (Å²) in [4.78, 5) is 0. The molecule has 0 aromatic carbocycles. The zero-order valence-electron chi connectivity index (χ0n) is 13.3. The third kappa shape index (κ3) is 8.78. The molecule has 110 valence electrons. The summed E-state index contributed by atoms with van der Waals surface area (Å²) in [6, 6.07) is 1.03. The fourth-order valence-electron chi connectivity index (χ4n) is 1.93. The maximum absolute atomic E-state index is 6.31. The minimum atomic E-state index is -2.34. The normalized spacial score (nSPS) is 13.0. The van der Waals surface area contributed by atoms with Gasteiger partial charge in [-0.2, -0.15) is 0 Å². The van der Waals surface area contributed by atoms with Gasteiger partial charge in [-0.15, -0.1) is 0 Å². The maximum Gasteiger partial charge on any atom is 0.468 e. The van der Waals surface area contributed by atoms with Crippen LogP contribution in [0.15, 0.2) is 0 Å². The van der Waals surface area contributed by atoms with Gasteiger partial charge in [0.1, 0.15) is 0 Å².